The average Bonchev–Trinajstić information content (AvgIpc) is 3.45. The molecule has 2 aromatic heterocycles. The molecule has 0 bridgehead atoms. The van der Waals surface area contributed by atoms with Gasteiger partial charge < -0.3 is 30.0 Å². The molecule has 10 heteroatoms. The zero-order chi connectivity index (χ0) is 25.2. The second kappa shape index (κ2) is 10.1. The van der Waals surface area contributed by atoms with E-state index in [4.69, 9.17) is 9.47 Å². The molecule has 0 saturated carbocycles. The van der Waals surface area contributed by atoms with E-state index in [1.807, 2.05) is 24.3 Å². The second-order valence-electron chi connectivity index (χ2n) is 8.67. The lowest BCUT2D eigenvalue weighted by atomic mass is 10.1. The Bertz CT molecular complexity index is 1320. The Kier molecular flexibility index (Phi) is 7.15. The molecular formula is C25H29N3O6S. The number of hydrogen-bond donors (Lipinski definition) is 4. The molecule has 0 aliphatic carbocycles. The van der Waals surface area contributed by atoms with Crippen LogP contribution in [0.4, 0.5) is 0 Å². The highest BCUT2D eigenvalue weighted by molar-refractivity contribution is 7.90. The summed E-state index contributed by atoms with van der Waals surface area (Å²) >= 11 is 0. The minimum absolute atomic E-state index is 0.0175. The predicted molar refractivity (Wildman–Crippen MR) is 132 cm³/mol. The van der Waals surface area contributed by atoms with E-state index >= 15 is 0 Å². The number of aliphatic hydroxyl groups excluding tert-OH is 2. The Labute approximate surface area is 204 Å². The van der Waals surface area contributed by atoms with Crippen molar-refractivity contribution in [2.75, 3.05) is 19.5 Å². The molecule has 0 fully saturated rings. The van der Waals surface area contributed by atoms with Gasteiger partial charge in [-0.15, -0.1) is 0 Å². The third-order valence-electron chi connectivity index (χ3n) is 5.69. The average molecular weight is 500 g/mol. The summed E-state index contributed by atoms with van der Waals surface area (Å²) in [4.78, 5) is 7.36. The first-order valence-corrected chi connectivity index (χ1v) is 13.1. The zero-order valence-corrected chi connectivity index (χ0v) is 20.5. The molecule has 0 spiro atoms. The fourth-order valence-electron chi connectivity index (χ4n) is 3.76. The predicted octanol–water partition coefficient (Wildman–Crippen LogP) is 2.97. The monoisotopic (exact) mass is 499 g/mol. The summed E-state index contributed by atoms with van der Waals surface area (Å²) in [7, 11) is -3.41. The third-order valence-corrected chi connectivity index (χ3v) is 6.69. The summed E-state index contributed by atoms with van der Waals surface area (Å²) in [5.74, 6) is 1.54. The fourth-order valence-corrected chi connectivity index (χ4v) is 4.32. The molecule has 3 aromatic rings. The highest BCUT2D eigenvalue weighted by Crippen LogP contribution is 2.34. The van der Waals surface area contributed by atoms with Gasteiger partial charge in [0.15, 0.2) is 14.9 Å². The molecule has 0 saturated heterocycles. The lowest BCUT2D eigenvalue weighted by molar-refractivity contribution is 0.129. The zero-order valence-electron chi connectivity index (χ0n) is 19.7. The van der Waals surface area contributed by atoms with E-state index in [0.29, 0.717) is 17.2 Å². The standard InChI is InChI=1S/C25H29N3O6S/c1-15-8-23(28-24(15)14-30)22-6-5-21(27-22)17-9-19(33-16(2)13-29)11-20(10-17)34-18-4-7-25(26-12-18)35(3,31)32/h4-12,15-16,24,27-30H,13-14H2,1-3H3/t15-,16+,24+/m1/s1. The van der Waals surface area contributed by atoms with Crippen LogP contribution in [-0.4, -0.2) is 60.2 Å². The van der Waals surface area contributed by atoms with Crippen molar-refractivity contribution >= 4 is 15.5 Å². The quantitative estimate of drug-likeness (QED) is 0.353. The maximum atomic E-state index is 11.7. The Morgan fingerprint density at radius 1 is 1.06 bits per heavy atom. The first-order valence-electron chi connectivity index (χ1n) is 11.2. The summed E-state index contributed by atoms with van der Waals surface area (Å²) < 4.78 is 35.1. The Balaban J connectivity index is 1.63. The third kappa shape index (κ3) is 5.84. The fraction of sp³-hybridized carbons (Fsp3) is 0.320. The van der Waals surface area contributed by atoms with E-state index in [0.717, 1.165) is 28.9 Å². The molecule has 1 aliphatic heterocycles. The number of pyridine rings is 1. The number of H-pyrrole nitrogens is 1. The van der Waals surface area contributed by atoms with Crippen molar-refractivity contribution in [1.82, 2.24) is 15.3 Å². The first-order chi connectivity index (χ1) is 16.7. The van der Waals surface area contributed by atoms with Gasteiger partial charge in [0.1, 0.15) is 23.4 Å². The Morgan fingerprint density at radius 3 is 2.43 bits per heavy atom. The number of sulfone groups is 1. The number of hydrogen-bond acceptors (Lipinski definition) is 8. The van der Waals surface area contributed by atoms with Gasteiger partial charge in [-0.05, 0) is 49.2 Å². The molecule has 0 unspecified atom stereocenters. The van der Waals surface area contributed by atoms with E-state index < -0.39 is 15.9 Å². The minimum Gasteiger partial charge on any atom is -0.488 e. The lowest BCUT2D eigenvalue weighted by Crippen LogP contribution is -2.30. The number of aromatic nitrogens is 2. The van der Waals surface area contributed by atoms with Crippen molar-refractivity contribution in [3.05, 3.63) is 60.4 Å². The SMILES string of the molecule is C[C@@H]1C=C(c2ccc(-c3cc(Oc4ccc(S(C)(=O)=O)nc4)cc(O[C@@H](C)CO)c3)[nH]2)N[C@H]1CO. The minimum atomic E-state index is -3.41. The van der Waals surface area contributed by atoms with Gasteiger partial charge >= 0.3 is 0 Å². The van der Waals surface area contributed by atoms with Crippen molar-refractivity contribution in [2.45, 2.75) is 31.0 Å². The smallest absolute Gasteiger partial charge is 0.192 e. The number of nitrogens with zero attached hydrogens (tertiary/aromatic N) is 1. The number of nitrogens with one attached hydrogen (secondary N) is 2. The molecule has 9 nitrogen and oxygen atoms in total. The van der Waals surface area contributed by atoms with Gasteiger partial charge in [-0.2, -0.15) is 0 Å². The molecule has 186 valence electrons. The van der Waals surface area contributed by atoms with E-state index in [1.54, 1.807) is 13.0 Å². The van der Waals surface area contributed by atoms with Gasteiger partial charge in [0, 0.05) is 23.6 Å². The summed E-state index contributed by atoms with van der Waals surface area (Å²) in [6.45, 7) is 3.71. The van der Waals surface area contributed by atoms with Crippen LogP contribution >= 0.6 is 0 Å². The van der Waals surface area contributed by atoms with Crippen LogP contribution in [0.2, 0.25) is 0 Å². The van der Waals surface area contributed by atoms with Crippen molar-refractivity contribution in [2.24, 2.45) is 5.92 Å². The first kappa shape index (κ1) is 24.8. The van der Waals surface area contributed by atoms with Crippen LogP contribution in [0.5, 0.6) is 17.2 Å². The molecule has 0 radical (unpaired) electrons. The molecule has 1 aromatic carbocycles. The van der Waals surface area contributed by atoms with E-state index in [-0.39, 0.29) is 30.2 Å². The number of rotatable bonds is 9. The molecule has 4 N–H and O–H groups in total. The maximum absolute atomic E-state index is 11.7. The van der Waals surface area contributed by atoms with Crippen LogP contribution in [-0.2, 0) is 9.84 Å². The van der Waals surface area contributed by atoms with E-state index in [2.05, 4.69) is 28.3 Å². The normalized spacial score (nSPS) is 18.6. The molecule has 4 rings (SSSR count). The van der Waals surface area contributed by atoms with Gasteiger partial charge in [0.05, 0.1) is 36.8 Å². The molecule has 1 aliphatic rings. The van der Waals surface area contributed by atoms with Gasteiger partial charge in [0.2, 0.25) is 0 Å². The highest BCUT2D eigenvalue weighted by Gasteiger charge is 2.24. The Hall–Kier alpha value is -3.34. The van der Waals surface area contributed by atoms with Crippen LogP contribution < -0.4 is 14.8 Å². The number of aliphatic hydroxyl groups is 2. The summed E-state index contributed by atoms with van der Waals surface area (Å²) in [5.41, 5.74) is 3.43. The topological polar surface area (TPSA) is 134 Å². The molecular weight excluding hydrogens is 470 g/mol. The summed E-state index contributed by atoms with van der Waals surface area (Å²) in [5, 5.41) is 22.2. The van der Waals surface area contributed by atoms with Crippen molar-refractivity contribution in [3.8, 4) is 28.5 Å². The second-order valence-corrected chi connectivity index (χ2v) is 10.6. The molecule has 3 heterocycles. The molecule has 0 amide bonds. The lowest BCUT2D eigenvalue weighted by Gasteiger charge is -2.15. The van der Waals surface area contributed by atoms with Crippen molar-refractivity contribution < 1.29 is 28.1 Å². The molecule has 3 atom stereocenters. The van der Waals surface area contributed by atoms with E-state index in [1.165, 1.54) is 18.3 Å². The summed E-state index contributed by atoms with van der Waals surface area (Å²) in [6.07, 6.45) is 4.11. The number of aromatic amines is 1. The van der Waals surface area contributed by atoms with Crippen LogP contribution in [0.1, 0.15) is 19.5 Å². The number of ether oxygens (including phenoxy) is 2. The van der Waals surface area contributed by atoms with Gasteiger partial charge in [-0.3, -0.25) is 0 Å². The maximum Gasteiger partial charge on any atom is 0.192 e. The Morgan fingerprint density at radius 2 is 1.80 bits per heavy atom. The highest BCUT2D eigenvalue weighted by atomic mass is 32.2. The van der Waals surface area contributed by atoms with Crippen LogP contribution in [0.15, 0.2) is 59.8 Å². The van der Waals surface area contributed by atoms with Gasteiger partial charge in [-0.1, -0.05) is 13.0 Å². The van der Waals surface area contributed by atoms with Crippen molar-refractivity contribution in [3.63, 3.8) is 0 Å². The van der Waals surface area contributed by atoms with Crippen molar-refractivity contribution in [1.29, 1.82) is 0 Å². The van der Waals surface area contributed by atoms with Gasteiger partial charge in [-0.25, -0.2) is 13.4 Å². The van der Waals surface area contributed by atoms with Crippen LogP contribution in [0.3, 0.4) is 0 Å². The molecule has 35 heavy (non-hydrogen) atoms. The van der Waals surface area contributed by atoms with Gasteiger partial charge in [0.25, 0.3) is 0 Å². The van der Waals surface area contributed by atoms with Crippen LogP contribution in [0, 0.1) is 5.92 Å². The number of benzene rings is 1. The van der Waals surface area contributed by atoms with E-state index in [9.17, 15) is 18.6 Å². The van der Waals surface area contributed by atoms with Crippen LogP contribution in [0.25, 0.3) is 17.0 Å². The largest absolute Gasteiger partial charge is 0.488 e. The summed E-state index contributed by atoms with van der Waals surface area (Å²) in [6, 6.07) is 12.2.